The van der Waals surface area contributed by atoms with Crippen molar-refractivity contribution in [2.75, 3.05) is 22.1 Å². The molecule has 2 aliphatic heterocycles. The molecule has 5 rings (SSSR count). The molecule has 156 valence electrons. The van der Waals surface area contributed by atoms with Crippen LogP contribution in [0.2, 0.25) is 0 Å². The lowest BCUT2D eigenvalue weighted by atomic mass is 10.1. The van der Waals surface area contributed by atoms with Crippen molar-refractivity contribution >= 4 is 29.0 Å². The van der Waals surface area contributed by atoms with Crippen molar-refractivity contribution in [1.82, 2.24) is 9.97 Å². The van der Waals surface area contributed by atoms with Crippen LogP contribution in [-0.4, -0.2) is 34.4 Å². The Bertz CT molecular complexity index is 1170. The van der Waals surface area contributed by atoms with Gasteiger partial charge in [0.25, 0.3) is 5.91 Å². The quantitative estimate of drug-likeness (QED) is 0.680. The van der Waals surface area contributed by atoms with Crippen LogP contribution in [0.25, 0.3) is 0 Å². The molecule has 0 spiro atoms. The first kappa shape index (κ1) is 19.0. The first-order valence-electron chi connectivity index (χ1n) is 10.1. The average molecular weight is 415 g/mol. The number of pyridine rings is 2. The highest BCUT2D eigenvalue weighted by molar-refractivity contribution is 6.07. The second-order valence-electron chi connectivity index (χ2n) is 7.66. The molecule has 1 unspecified atom stereocenters. The molecule has 0 saturated carbocycles. The van der Waals surface area contributed by atoms with Crippen LogP contribution in [0, 0.1) is 0 Å². The number of aromatic nitrogens is 2. The molecular formula is C23H21N5O3. The van der Waals surface area contributed by atoms with Gasteiger partial charge in [-0.1, -0.05) is 6.07 Å². The van der Waals surface area contributed by atoms with Crippen molar-refractivity contribution in [3.8, 4) is 5.75 Å². The minimum atomic E-state index is -0.293. The van der Waals surface area contributed by atoms with E-state index in [0.717, 1.165) is 23.4 Å². The predicted octanol–water partition coefficient (Wildman–Crippen LogP) is 3.01. The minimum Gasteiger partial charge on any atom is -0.490 e. The lowest BCUT2D eigenvalue weighted by Crippen LogP contribution is -2.40. The number of carbonyl (C=O) groups excluding carboxylic acids is 2. The molecule has 8 nitrogen and oxygen atoms in total. The molecule has 2 amide bonds. The van der Waals surface area contributed by atoms with Crippen molar-refractivity contribution in [3.63, 3.8) is 0 Å². The van der Waals surface area contributed by atoms with Crippen molar-refractivity contribution in [2.45, 2.75) is 26.0 Å². The third kappa shape index (κ3) is 3.79. The molecule has 2 aromatic heterocycles. The number of ether oxygens (including phenoxy) is 1. The third-order valence-corrected chi connectivity index (χ3v) is 5.33. The Balaban J connectivity index is 1.39. The number of anilines is 3. The van der Waals surface area contributed by atoms with E-state index in [0.29, 0.717) is 29.3 Å². The van der Waals surface area contributed by atoms with Gasteiger partial charge in [0.1, 0.15) is 11.9 Å². The van der Waals surface area contributed by atoms with Gasteiger partial charge < -0.3 is 20.3 Å². The van der Waals surface area contributed by atoms with Crippen LogP contribution in [0.15, 0.2) is 54.9 Å². The molecule has 2 aliphatic rings. The molecule has 8 heteroatoms. The highest BCUT2D eigenvalue weighted by Crippen LogP contribution is 2.32. The molecule has 31 heavy (non-hydrogen) atoms. The van der Waals surface area contributed by atoms with Crippen LogP contribution in [-0.2, 0) is 17.8 Å². The smallest absolute Gasteiger partial charge is 0.257 e. The van der Waals surface area contributed by atoms with Crippen molar-refractivity contribution in [3.05, 3.63) is 71.7 Å². The third-order valence-electron chi connectivity index (χ3n) is 5.33. The van der Waals surface area contributed by atoms with Gasteiger partial charge in [-0.3, -0.25) is 14.6 Å². The van der Waals surface area contributed by atoms with Crippen LogP contribution in [0.3, 0.4) is 0 Å². The maximum atomic E-state index is 12.9. The molecule has 1 aromatic carbocycles. The summed E-state index contributed by atoms with van der Waals surface area (Å²) >= 11 is 0. The van der Waals surface area contributed by atoms with Crippen molar-refractivity contribution in [1.29, 1.82) is 0 Å². The van der Waals surface area contributed by atoms with Gasteiger partial charge in [0, 0.05) is 24.5 Å². The van der Waals surface area contributed by atoms with Crippen LogP contribution < -0.4 is 20.3 Å². The van der Waals surface area contributed by atoms with Crippen LogP contribution in [0.5, 0.6) is 5.75 Å². The Morgan fingerprint density at radius 1 is 1.26 bits per heavy atom. The number of carbonyl (C=O) groups is 2. The first-order valence-corrected chi connectivity index (χ1v) is 10.1. The maximum absolute atomic E-state index is 12.9. The molecule has 4 heterocycles. The Labute approximate surface area is 179 Å². The first-order chi connectivity index (χ1) is 15.1. The molecular weight excluding hydrogens is 394 g/mol. The Kier molecular flexibility index (Phi) is 4.74. The van der Waals surface area contributed by atoms with Crippen LogP contribution in [0.4, 0.5) is 17.2 Å². The molecule has 0 fully saturated rings. The van der Waals surface area contributed by atoms with Gasteiger partial charge in [-0.05, 0) is 48.9 Å². The number of nitrogens with zero attached hydrogens (tertiary/aromatic N) is 3. The standard InChI is InChI=1S/C23H21N5O3/c1-14-8-15-9-17(5-6-20(15)31-14)27-23(30)16-10-19-22(25-11-16)26-12-21(29)28(19)13-18-4-2-3-7-24-18/h2-7,9-11,14H,8,12-13H2,1H3,(H,25,26)(H,27,30). The van der Waals surface area contributed by atoms with Gasteiger partial charge in [0.15, 0.2) is 5.82 Å². The molecule has 3 aromatic rings. The zero-order chi connectivity index (χ0) is 21.4. The minimum absolute atomic E-state index is 0.106. The van der Waals surface area contributed by atoms with E-state index in [1.165, 1.54) is 6.20 Å². The van der Waals surface area contributed by atoms with E-state index in [2.05, 4.69) is 20.6 Å². The molecule has 0 radical (unpaired) electrons. The van der Waals surface area contributed by atoms with Crippen molar-refractivity contribution < 1.29 is 14.3 Å². The lowest BCUT2D eigenvalue weighted by Gasteiger charge is -2.29. The van der Waals surface area contributed by atoms with E-state index in [9.17, 15) is 9.59 Å². The maximum Gasteiger partial charge on any atom is 0.257 e. The zero-order valence-corrected chi connectivity index (χ0v) is 17.0. The molecule has 0 aliphatic carbocycles. The second-order valence-corrected chi connectivity index (χ2v) is 7.66. The van der Waals surface area contributed by atoms with E-state index < -0.39 is 0 Å². The van der Waals surface area contributed by atoms with E-state index in [1.807, 2.05) is 43.3 Å². The van der Waals surface area contributed by atoms with E-state index in [4.69, 9.17) is 4.74 Å². The number of fused-ring (bicyclic) bond motifs is 2. The normalized spacial score (nSPS) is 16.7. The summed E-state index contributed by atoms with van der Waals surface area (Å²) in [6, 6.07) is 12.9. The van der Waals surface area contributed by atoms with Gasteiger partial charge in [0.2, 0.25) is 5.91 Å². The Morgan fingerprint density at radius 2 is 2.16 bits per heavy atom. The highest BCUT2D eigenvalue weighted by Gasteiger charge is 2.27. The van der Waals surface area contributed by atoms with E-state index >= 15 is 0 Å². The molecule has 2 N–H and O–H groups in total. The number of amides is 2. The summed E-state index contributed by atoms with van der Waals surface area (Å²) in [6.45, 7) is 2.47. The fourth-order valence-electron chi connectivity index (χ4n) is 3.84. The highest BCUT2D eigenvalue weighted by atomic mass is 16.5. The number of hydrogen-bond acceptors (Lipinski definition) is 6. The summed E-state index contributed by atoms with van der Waals surface area (Å²) in [6.07, 6.45) is 4.15. The summed E-state index contributed by atoms with van der Waals surface area (Å²) in [5, 5.41) is 5.92. The SMILES string of the molecule is CC1Cc2cc(NC(=O)c3cnc4c(c3)N(Cc3ccccn3)C(=O)CN4)ccc2O1. The summed E-state index contributed by atoms with van der Waals surface area (Å²) < 4.78 is 5.71. The monoisotopic (exact) mass is 415 g/mol. The van der Waals surface area contributed by atoms with E-state index in [-0.39, 0.29) is 24.5 Å². The Morgan fingerprint density at radius 3 is 3.00 bits per heavy atom. The molecule has 1 atom stereocenters. The average Bonchev–Trinajstić information content (AvgIpc) is 3.15. The topological polar surface area (TPSA) is 96.5 Å². The van der Waals surface area contributed by atoms with Gasteiger partial charge in [-0.15, -0.1) is 0 Å². The number of hydrogen-bond donors (Lipinski definition) is 2. The van der Waals surface area contributed by atoms with Crippen LogP contribution in [0.1, 0.15) is 28.5 Å². The number of rotatable bonds is 4. The Hall–Kier alpha value is -3.94. The second kappa shape index (κ2) is 7.71. The van der Waals surface area contributed by atoms with Gasteiger partial charge in [-0.25, -0.2) is 4.98 Å². The molecule has 0 bridgehead atoms. The predicted molar refractivity (Wildman–Crippen MR) is 116 cm³/mol. The lowest BCUT2D eigenvalue weighted by molar-refractivity contribution is -0.117. The summed E-state index contributed by atoms with van der Waals surface area (Å²) in [7, 11) is 0. The summed E-state index contributed by atoms with van der Waals surface area (Å²) in [4.78, 5) is 35.7. The van der Waals surface area contributed by atoms with E-state index in [1.54, 1.807) is 17.2 Å². The van der Waals surface area contributed by atoms with Crippen molar-refractivity contribution in [2.24, 2.45) is 0 Å². The number of benzene rings is 1. The fraction of sp³-hybridized carbons (Fsp3) is 0.217. The zero-order valence-electron chi connectivity index (χ0n) is 17.0. The summed E-state index contributed by atoms with van der Waals surface area (Å²) in [5.41, 5.74) is 3.45. The van der Waals surface area contributed by atoms with Crippen LogP contribution >= 0.6 is 0 Å². The van der Waals surface area contributed by atoms with Gasteiger partial charge in [-0.2, -0.15) is 0 Å². The summed E-state index contributed by atoms with van der Waals surface area (Å²) in [5.74, 6) is 1.02. The van der Waals surface area contributed by atoms with Gasteiger partial charge in [0.05, 0.1) is 30.0 Å². The fourth-order valence-corrected chi connectivity index (χ4v) is 3.84. The number of nitrogens with one attached hydrogen (secondary N) is 2. The largest absolute Gasteiger partial charge is 0.490 e. The van der Waals surface area contributed by atoms with Gasteiger partial charge >= 0.3 is 0 Å². The molecule has 0 saturated heterocycles.